The molecule has 5 heteroatoms. The lowest BCUT2D eigenvalue weighted by atomic mass is 10.1. The predicted octanol–water partition coefficient (Wildman–Crippen LogP) is 3.31. The second kappa shape index (κ2) is 10.5. The van der Waals surface area contributed by atoms with E-state index in [1.54, 1.807) is 6.92 Å². The number of ether oxygens (including phenoxy) is 3. The van der Waals surface area contributed by atoms with E-state index >= 15 is 0 Å². The fourth-order valence-electron chi connectivity index (χ4n) is 2.34. The van der Waals surface area contributed by atoms with Crippen molar-refractivity contribution in [2.24, 2.45) is 0 Å². The van der Waals surface area contributed by atoms with Crippen LogP contribution in [0.4, 0.5) is 0 Å². The number of rotatable bonds is 11. The third kappa shape index (κ3) is 6.95. The van der Waals surface area contributed by atoms with Crippen LogP contribution in [0.25, 0.3) is 0 Å². The van der Waals surface area contributed by atoms with Gasteiger partial charge in [-0.25, -0.2) is 4.79 Å². The summed E-state index contributed by atoms with van der Waals surface area (Å²) < 4.78 is 16.4. The van der Waals surface area contributed by atoms with Crippen LogP contribution in [0, 0.1) is 0 Å². The van der Waals surface area contributed by atoms with Gasteiger partial charge in [0.05, 0.1) is 13.2 Å². The molecule has 0 spiro atoms. The summed E-state index contributed by atoms with van der Waals surface area (Å²) in [6.45, 7) is 3.69. The van der Waals surface area contributed by atoms with Gasteiger partial charge in [0.1, 0.15) is 12.4 Å². The minimum absolute atomic E-state index is 0.337. The quantitative estimate of drug-likeness (QED) is 0.634. The molecule has 0 bridgehead atoms. The maximum Gasteiger partial charge on any atom is 0.333 e. The maximum absolute atomic E-state index is 11.1. The van der Waals surface area contributed by atoms with E-state index in [1.165, 1.54) is 0 Å². The fourth-order valence-corrected chi connectivity index (χ4v) is 2.34. The number of aliphatic carboxylic acids is 1. The first-order valence-electron chi connectivity index (χ1n) is 8.37. The molecule has 0 aliphatic rings. The number of carboxylic acids is 1. The van der Waals surface area contributed by atoms with E-state index in [-0.39, 0.29) is 0 Å². The minimum atomic E-state index is -0.947. The van der Waals surface area contributed by atoms with Crippen molar-refractivity contribution < 1.29 is 24.1 Å². The highest BCUT2D eigenvalue weighted by atomic mass is 16.5. The number of hydrogen-bond acceptors (Lipinski definition) is 4. The molecule has 0 radical (unpaired) electrons. The van der Waals surface area contributed by atoms with Gasteiger partial charge in [-0.15, -0.1) is 0 Å². The van der Waals surface area contributed by atoms with Crippen molar-refractivity contribution in [3.63, 3.8) is 0 Å². The van der Waals surface area contributed by atoms with Crippen molar-refractivity contribution in [3.05, 3.63) is 65.7 Å². The summed E-state index contributed by atoms with van der Waals surface area (Å²) in [5, 5.41) is 9.11. The van der Waals surface area contributed by atoms with Crippen LogP contribution >= 0.6 is 0 Å². The highest BCUT2D eigenvalue weighted by molar-refractivity contribution is 5.72. The molecule has 2 aromatic carbocycles. The molecule has 2 rings (SSSR count). The molecule has 5 nitrogen and oxygen atoms in total. The molecule has 1 N–H and O–H groups in total. The zero-order chi connectivity index (χ0) is 17.9. The lowest BCUT2D eigenvalue weighted by Gasteiger charge is -2.13. The lowest BCUT2D eigenvalue weighted by Crippen LogP contribution is -2.26. The van der Waals surface area contributed by atoms with Crippen LogP contribution < -0.4 is 4.74 Å². The van der Waals surface area contributed by atoms with Gasteiger partial charge in [-0.2, -0.15) is 0 Å². The van der Waals surface area contributed by atoms with Crippen LogP contribution in [0.2, 0.25) is 0 Å². The van der Waals surface area contributed by atoms with Crippen molar-refractivity contribution in [2.45, 2.75) is 26.1 Å². The molecule has 25 heavy (non-hydrogen) atoms. The molecule has 1 unspecified atom stereocenters. The summed E-state index contributed by atoms with van der Waals surface area (Å²) in [5.74, 6) is -0.215. The first kappa shape index (κ1) is 19.0. The van der Waals surface area contributed by atoms with Gasteiger partial charge in [0, 0.05) is 13.0 Å². The van der Waals surface area contributed by atoms with Crippen molar-refractivity contribution in [2.75, 3.05) is 19.8 Å². The average molecular weight is 344 g/mol. The third-order valence-electron chi connectivity index (χ3n) is 3.60. The summed E-state index contributed by atoms with van der Waals surface area (Å²) >= 11 is 0. The van der Waals surface area contributed by atoms with Gasteiger partial charge >= 0.3 is 5.97 Å². The van der Waals surface area contributed by atoms with E-state index < -0.39 is 12.1 Å². The molecule has 134 valence electrons. The molecule has 0 aliphatic carbocycles. The average Bonchev–Trinajstić information content (AvgIpc) is 2.63. The van der Waals surface area contributed by atoms with E-state index in [2.05, 4.69) is 0 Å². The van der Waals surface area contributed by atoms with Gasteiger partial charge in [0.15, 0.2) is 6.10 Å². The van der Waals surface area contributed by atoms with E-state index in [1.807, 2.05) is 54.6 Å². The summed E-state index contributed by atoms with van der Waals surface area (Å²) in [6, 6.07) is 17.4. The Balaban J connectivity index is 1.70. The van der Waals surface area contributed by atoms with Gasteiger partial charge in [-0.05, 0) is 30.2 Å². The molecule has 0 aromatic heterocycles. The first-order valence-corrected chi connectivity index (χ1v) is 8.37. The van der Waals surface area contributed by atoms with Crippen molar-refractivity contribution in [1.82, 2.24) is 0 Å². The summed E-state index contributed by atoms with van der Waals surface area (Å²) in [6.07, 6.45) is -0.480. The normalized spacial score (nSPS) is 11.9. The number of hydrogen-bond donors (Lipinski definition) is 1. The van der Waals surface area contributed by atoms with Gasteiger partial charge in [0.2, 0.25) is 0 Å². The van der Waals surface area contributed by atoms with Crippen LogP contribution in [0.15, 0.2) is 54.6 Å². The number of benzene rings is 2. The van der Waals surface area contributed by atoms with Crippen molar-refractivity contribution >= 4 is 5.97 Å². The number of carbonyl (C=O) groups is 1. The van der Waals surface area contributed by atoms with E-state index in [0.29, 0.717) is 32.8 Å². The standard InChI is InChI=1S/C20H24O5/c1-2-24-19(20(21)22)14-16-8-10-18(11-9-16)25-13-12-23-15-17-6-4-3-5-7-17/h3-11,19H,2,12-15H2,1H3,(H,21,22). The topological polar surface area (TPSA) is 65.0 Å². The molecule has 2 aromatic rings. The molecular formula is C20H24O5. The highest BCUT2D eigenvalue weighted by Gasteiger charge is 2.17. The molecular weight excluding hydrogens is 320 g/mol. The molecule has 0 amide bonds. The molecule has 1 atom stereocenters. The molecule has 0 aliphatic heterocycles. The monoisotopic (exact) mass is 344 g/mol. The molecule has 0 saturated carbocycles. The van der Waals surface area contributed by atoms with Gasteiger partial charge < -0.3 is 19.3 Å². The Morgan fingerprint density at radius 2 is 1.72 bits per heavy atom. The van der Waals surface area contributed by atoms with E-state index in [0.717, 1.165) is 16.9 Å². The van der Waals surface area contributed by atoms with Crippen LogP contribution in [0.5, 0.6) is 5.75 Å². The van der Waals surface area contributed by atoms with Crippen molar-refractivity contribution in [3.8, 4) is 5.75 Å². The largest absolute Gasteiger partial charge is 0.491 e. The van der Waals surface area contributed by atoms with Gasteiger partial charge in [-0.3, -0.25) is 0 Å². The van der Waals surface area contributed by atoms with Crippen LogP contribution in [-0.2, 0) is 27.3 Å². The fraction of sp³-hybridized carbons (Fsp3) is 0.350. The summed E-state index contributed by atoms with van der Waals surface area (Å²) in [5.41, 5.74) is 2.03. The first-order chi connectivity index (χ1) is 12.2. The predicted molar refractivity (Wildman–Crippen MR) is 94.8 cm³/mol. The Labute approximate surface area is 148 Å². The Morgan fingerprint density at radius 1 is 1.00 bits per heavy atom. The highest BCUT2D eigenvalue weighted by Crippen LogP contribution is 2.14. The Kier molecular flexibility index (Phi) is 7.95. The third-order valence-corrected chi connectivity index (χ3v) is 3.60. The zero-order valence-electron chi connectivity index (χ0n) is 14.4. The molecule has 0 fully saturated rings. The Bertz CT molecular complexity index is 624. The van der Waals surface area contributed by atoms with Crippen LogP contribution in [0.3, 0.4) is 0 Å². The minimum Gasteiger partial charge on any atom is -0.491 e. The van der Waals surface area contributed by atoms with Gasteiger partial charge in [-0.1, -0.05) is 42.5 Å². The SMILES string of the molecule is CCOC(Cc1ccc(OCCOCc2ccccc2)cc1)C(=O)O. The van der Waals surface area contributed by atoms with Crippen LogP contribution in [0.1, 0.15) is 18.1 Å². The summed E-state index contributed by atoms with van der Waals surface area (Å²) in [4.78, 5) is 11.1. The molecule has 0 heterocycles. The van der Waals surface area contributed by atoms with Gasteiger partial charge in [0.25, 0.3) is 0 Å². The second-order valence-corrected chi connectivity index (χ2v) is 5.52. The maximum atomic E-state index is 11.1. The Hall–Kier alpha value is -2.37. The van der Waals surface area contributed by atoms with E-state index in [4.69, 9.17) is 19.3 Å². The number of carboxylic acid groups (broad SMARTS) is 1. The molecule has 0 saturated heterocycles. The smallest absolute Gasteiger partial charge is 0.333 e. The zero-order valence-corrected chi connectivity index (χ0v) is 14.4. The summed E-state index contributed by atoms with van der Waals surface area (Å²) in [7, 11) is 0. The van der Waals surface area contributed by atoms with E-state index in [9.17, 15) is 4.79 Å². The van der Waals surface area contributed by atoms with Crippen molar-refractivity contribution in [1.29, 1.82) is 0 Å². The second-order valence-electron chi connectivity index (χ2n) is 5.52. The Morgan fingerprint density at radius 3 is 2.36 bits per heavy atom. The lowest BCUT2D eigenvalue weighted by molar-refractivity contribution is -0.149. The van der Waals surface area contributed by atoms with Crippen LogP contribution in [-0.4, -0.2) is 37.0 Å².